The lowest BCUT2D eigenvalue weighted by molar-refractivity contribution is 0.411. The molecule has 2 rings (SSSR count). The van der Waals surface area contributed by atoms with E-state index < -0.39 is 15.7 Å². The molecular formula is C14H19FN4O2S. The van der Waals surface area contributed by atoms with E-state index in [1.165, 1.54) is 18.5 Å². The van der Waals surface area contributed by atoms with Crippen LogP contribution in [0.5, 0.6) is 0 Å². The second kappa shape index (κ2) is 6.53. The zero-order valence-corrected chi connectivity index (χ0v) is 13.5. The fourth-order valence-corrected chi connectivity index (χ4v) is 3.00. The Balaban J connectivity index is 2.06. The summed E-state index contributed by atoms with van der Waals surface area (Å²) in [7, 11) is -3.55. The summed E-state index contributed by atoms with van der Waals surface area (Å²) in [4.78, 5) is 3.60. The number of nitrogens with one attached hydrogen (secondary N) is 1. The lowest BCUT2D eigenvalue weighted by atomic mass is 10.1. The van der Waals surface area contributed by atoms with E-state index >= 15 is 0 Å². The molecule has 0 saturated carbocycles. The summed E-state index contributed by atoms with van der Waals surface area (Å²) in [6.07, 6.45) is 4.09. The first-order valence-corrected chi connectivity index (χ1v) is 8.74. The Bertz CT molecular complexity index is 731. The molecule has 120 valence electrons. The van der Waals surface area contributed by atoms with E-state index in [1.807, 2.05) is 13.8 Å². The van der Waals surface area contributed by atoms with E-state index in [-0.39, 0.29) is 17.0 Å². The standard InChI is InChI=1S/C14H19FN4O2S/c1-10(7-19-9-16-8-17-19)18-11(2)12-4-5-14(13(15)6-12)22(3,20)21/h4-6,8-11,18H,7H2,1-3H3. The first-order chi connectivity index (χ1) is 10.3. The largest absolute Gasteiger partial charge is 0.306 e. The second-order valence-corrected chi connectivity index (χ2v) is 7.35. The van der Waals surface area contributed by atoms with Gasteiger partial charge in [0.15, 0.2) is 9.84 Å². The molecule has 0 radical (unpaired) electrons. The average molecular weight is 326 g/mol. The van der Waals surface area contributed by atoms with Crippen LogP contribution >= 0.6 is 0 Å². The van der Waals surface area contributed by atoms with E-state index in [9.17, 15) is 12.8 Å². The van der Waals surface area contributed by atoms with Crippen molar-refractivity contribution in [1.82, 2.24) is 20.1 Å². The molecule has 0 fully saturated rings. The molecule has 1 aromatic heterocycles. The van der Waals surface area contributed by atoms with Crippen LogP contribution in [0.2, 0.25) is 0 Å². The quantitative estimate of drug-likeness (QED) is 0.872. The van der Waals surface area contributed by atoms with Gasteiger partial charge in [-0.3, -0.25) is 4.68 Å². The first-order valence-electron chi connectivity index (χ1n) is 6.85. The average Bonchev–Trinajstić information content (AvgIpc) is 2.89. The van der Waals surface area contributed by atoms with Gasteiger partial charge in [-0.1, -0.05) is 6.07 Å². The molecule has 8 heteroatoms. The minimum absolute atomic E-state index is 0.0920. The monoisotopic (exact) mass is 326 g/mol. The fraction of sp³-hybridized carbons (Fsp3) is 0.429. The third kappa shape index (κ3) is 4.11. The predicted octanol–water partition coefficient (Wildman–Crippen LogP) is 1.56. The minimum Gasteiger partial charge on any atom is -0.306 e. The number of benzene rings is 1. The van der Waals surface area contributed by atoms with Gasteiger partial charge >= 0.3 is 0 Å². The number of halogens is 1. The first kappa shape index (κ1) is 16.6. The van der Waals surface area contributed by atoms with Gasteiger partial charge in [0.25, 0.3) is 0 Å². The van der Waals surface area contributed by atoms with Gasteiger partial charge in [-0.15, -0.1) is 0 Å². The maximum absolute atomic E-state index is 13.9. The molecule has 1 heterocycles. The zero-order valence-electron chi connectivity index (χ0n) is 12.7. The van der Waals surface area contributed by atoms with Crippen molar-refractivity contribution in [2.75, 3.05) is 6.26 Å². The highest BCUT2D eigenvalue weighted by atomic mass is 32.2. The van der Waals surface area contributed by atoms with Crippen molar-refractivity contribution in [2.24, 2.45) is 0 Å². The normalized spacial score (nSPS) is 14.7. The van der Waals surface area contributed by atoms with Crippen LogP contribution in [0, 0.1) is 5.82 Å². The molecule has 1 aromatic carbocycles. The van der Waals surface area contributed by atoms with Crippen LogP contribution in [-0.2, 0) is 16.4 Å². The van der Waals surface area contributed by atoms with E-state index in [1.54, 1.807) is 17.1 Å². The second-order valence-electron chi connectivity index (χ2n) is 5.37. The summed E-state index contributed by atoms with van der Waals surface area (Å²) in [5.41, 5.74) is 0.690. The van der Waals surface area contributed by atoms with Crippen molar-refractivity contribution in [3.8, 4) is 0 Å². The van der Waals surface area contributed by atoms with Crippen molar-refractivity contribution < 1.29 is 12.8 Å². The zero-order chi connectivity index (χ0) is 16.3. The Morgan fingerprint density at radius 1 is 1.36 bits per heavy atom. The van der Waals surface area contributed by atoms with Crippen LogP contribution in [0.25, 0.3) is 0 Å². The topological polar surface area (TPSA) is 76.9 Å². The van der Waals surface area contributed by atoms with Gasteiger partial charge in [-0.25, -0.2) is 17.8 Å². The third-order valence-corrected chi connectivity index (χ3v) is 4.45. The van der Waals surface area contributed by atoms with Gasteiger partial charge in [0, 0.05) is 18.3 Å². The van der Waals surface area contributed by atoms with Gasteiger partial charge < -0.3 is 5.32 Å². The Morgan fingerprint density at radius 2 is 2.09 bits per heavy atom. The summed E-state index contributed by atoms with van der Waals surface area (Å²) < 4.78 is 38.5. The maximum Gasteiger partial charge on any atom is 0.178 e. The molecule has 0 bridgehead atoms. The summed E-state index contributed by atoms with van der Waals surface area (Å²) in [5.74, 6) is -0.724. The van der Waals surface area contributed by atoms with Crippen LogP contribution in [0.15, 0.2) is 35.7 Å². The number of hydrogen-bond donors (Lipinski definition) is 1. The molecule has 2 unspecified atom stereocenters. The van der Waals surface area contributed by atoms with E-state index in [0.717, 1.165) is 6.26 Å². The Hall–Kier alpha value is -1.80. The SMILES string of the molecule is CC(Cn1cncn1)NC(C)c1ccc(S(C)(=O)=O)c(F)c1. The smallest absolute Gasteiger partial charge is 0.178 e. The van der Waals surface area contributed by atoms with Crippen LogP contribution in [0.1, 0.15) is 25.5 Å². The van der Waals surface area contributed by atoms with Crippen LogP contribution in [-0.4, -0.2) is 35.5 Å². The molecule has 2 aromatic rings. The Morgan fingerprint density at radius 3 is 2.64 bits per heavy atom. The highest BCUT2D eigenvalue weighted by Gasteiger charge is 2.16. The van der Waals surface area contributed by atoms with Crippen LogP contribution in [0.4, 0.5) is 4.39 Å². The highest BCUT2D eigenvalue weighted by molar-refractivity contribution is 7.90. The highest BCUT2D eigenvalue weighted by Crippen LogP contribution is 2.20. The minimum atomic E-state index is -3.55. The van der Waals surface area contributed by atoms with Gasteiger partial charge in [0.05, 0.1) is 6.54 Å². The molecule has 6 nitrogen and oxygen atoms in total. The third-order valence-electron chi connectivity index (χ3n) is 3.32. The molecule has 0 aliphatic heterocycles. The lowest BCUT2D eigenvalue weighted by Crippen LogP contribution is -2.32. The molecular weight excluding hydrogens is 307 g/mol. The number of sulfone groups is 1. The van der Waals surface area contributed by atoms with Gasteiger partial charge in [-0.2, -0.15) is 5.10 Å². The summed E-state index contributed by atoms with van der Waals surface area (Å²) in [5, 5.41) is 7.34. The molecule has 0 amide bonds. The van der Waals surface area contributed by atoms with Crippen molar-refractivity contribution in [3.63, 3.8) is 0 Å². The maximum atomic E-state index is 13.9. The van der Waals surface area contributed by atoms with Crippen molar-refractivity contribution in [1.29, 1.82) is 0 Å². The molecule has 0 aliphatic rings. The molecule has 0 saturated heterocycles. The Kier molecular flexibility index (Phi) is 4.92. The summed E-state index contributed by atoms with van der Waals surface area (Å²) in [6, 6.07) is 4.16. The van der Waals surface area contributed by atoms with E-state index in [0.29, 0.717) is 12.1 Å². The Labute approximate surface area is 129 Å². The number of hydrogen-bond acceptors (Lipinski definition) is 5. The van der Waals surface area contributed by atoms with E-state index in [2.05, 4.69) is 15.4 Å². The van der Waals surface area contributed by atoms with Gasteiger partial charge in [-0.05, 0) is 31.5 Å². The van der Waals surface area contributed by atoms with Crippen LogP contribution < -0.4 is 5.32 Å². The number of aromatic nitrogens is 3. The molecule has 0 spiro atoms. The summed E-state index contributed by atoms with van der Waals surface area (Å²) in [6.45, 7) is 4.51. The van der Waals surface area contributed by atoms with Crippen molar-refractivity contribution >= 4 is 9.84 Å². The van der Waals surface area contributed by atoms with E-state index in [4.69, 9.17) is 0 Å². The van der Waals surface area contributed by atoms with Gasteiger partial charge in [0.2, 0.25) is 0 Å². The lowest BCUT2D eigenvalue weighted by Gasteiger charge is -2.20. The molecule has 22 heavy (non-hydrogen) atoms. The van der Waals surface area contributed by atoms with Crippen LogP contribution in [0.3, 0.4) is 0 Å². The van der Waals surface area contributed by atoms with Crippen molar-refractivity contribution in [3.05, 3.63) is 42.2 Å². The van der Waals surface area contributed by atoms with Crippen molar-refractivity contribution in [2.45, 2.75) is 37.4 Å². The predicted molar refractivity (Wildman–Crippen MR) is 80.5 cm³/mol. The number of nitrogens with zero attached hydrogens (tertiary/aromatic N) is 3. The number of rotatable bonds is 6. The summed E-state index contributed by atoms with van der Waals surface area (Å²) >= 11 is 0. The molecule has 2 atom stereocenters. The van der Waals surface area contributed by atoms with Gasteiger partial charge in [0.1, 0.15) is 23.4 Å². The molecule has 0 aliphatic carbocycles. The fourth-order valence-electron chi connectivity index (χ4n) is 2.27. The molecule has 1 N–H and O–H groups in total.